The molecular weight excluding hydrogens is 607 g/mol. The summed E-state index contributed by atoms with van der Waals surface area (Å²) < 4.78 is 23.5. The van der Waals surface area contributed by atoms with E-state index in [1.165, 1.54) is 102 Å². The van der Waals surface area contributed by atoms with Gasteiger partial charge in [0.25, 0.3) is 5.56 Å². The number of amides is 2. The van der Waals surface area contributed by atoms with Crippen molar-refractivity contribution in [3.63, 3.8) is 0 Å². The first-order valence-electron chi connectivity index (χ1n) is 16.3. The van der Waals surface area contributed by atoms with Gasteiger partial charge in [0.05, 0.1) is 6.61 Å². The summed E-state index contributed by atoms with van der Waals surface area (Å²) in [6, 6.07) is 1.01. The number of aromatic amines is 1. The predicted molar refractivity (Wildman–Crippen MR) is 175 cm³/mol. The number of nitrogens with one attached hydrogen (secondary N) is 3. The molecule has 1 saturated heterocycles. The van der Waals surface area contributed by atoms with Crippen LogP contribution in [0.3, 0.4) is 0 Å². The topological polar surface area (TPSA) is 153 Å². The van der Waals surface area contributed by atoms with Crippen LogP contribution in [-0.4, -0.2) is 66.6 Å². The van der Waals surface area contributed by atoms with Crippen LogP contribution in [0.1, 0.15) is 109 Å². The Bertz CT molecular complexity index is 1100. The minimum Gasteiger partial charge on any atom is -0.382 e. The molecule has 2 unspecified atom stereocenters. The molecule has 0 aromatic carbocycles. The number of carbonyl (C=O) groups excluding carboxylic acids is 1. The monoisotopic (exact) mass is 662 g/mol. The maximum absolute atomic E-state index is 12.6. The average Bonchev–Trinajstić information content (AvgIpc) is 3.31. The number of aromatic nitrogens is 2. The van der Waals surface area contributed by atoms with Crippen LogP contribution in [0, 0.1) is 5.92 Å². The molecule has 2 rings (SSSR count). The van der Waals surface area contributed by atoms with Crippen LogP contribution in [0.15, 0.2) is 21.9 Å². The van der Waals surface area contributed by atoms with E-state index in [0.29, 0.717) is 25.9 Å². The molecule has 1 aromatic rings. The fraction of sp³-hybridized carbons (Fsp3) is 0.833. The molecule has 2 heterocycles. The molecule has 1 aliphatic rings. The molecule has 12 nitrogen and oxygen atoms in total. The minimum atomic E-state index is -3.58. The maximum Gasteiger partial charge on any atom is 0.330 e. The van der Waals surface area contributed by atoms with Gasteiger partial charge in [-0.25, -0.2) is 9.59 Å². The summed E-state index contributed by atoms with van der Waals surface area (Å²) in [5, 5.41) is 5.79. The highest BCUT2D eigenvalue weighted by molar-refractivity contribution is 8.07. The largest absolute Gasteiger partial charge is 0.382 e. The Balaban J connectivity index is 1.73. The van der Waals surface area contributed by atoms with E-state index in [1.54, 1.807) is 0 Å². The summed E-state index contributed by atoms with van der Waals surface area (Å²) in [6.07, 6.45) is 16.8. The molecule has 14 heteroatoms. The quantitative estimate of drug-likeness (QED) is 0.0873. The van der Waals surface area contributed by atoms with Crippen molar-refractivity contribution < 1.29 is 28.2 Å². The van der Waals surface area contributed by atoms with Crippen molar-refractivity contribution in [3.8, 4) is 0 Å². The maximum atomic E-state index is 12.6. The third-order valence-corrected chi connectivity index (χ3v) is 9.65. The van der Waals surface area contributed by atoms with Gasteiger partial charge in [0, 0.05) is 45.5 Å². The number of urea groups is 1. The molecule has 0 radical (unpaired) electrons. The van der Waals surface area contributed by atoms with Crippen molar-refractivity contribution in [3.05, 3.63) is 33.1 Å². The number of methoxy groups -OCH3 is 1. The van der Waals surface area contributed by atoms with Crippen molar-refractivity contribution in [2.45, 2.75) is 122 Å². The lowest BCUT2D eigenvalue weighted by Gasteiger charge is -2.27. The summed E-state index contributed by atoms with van der Waals surface area (Å²) in [5.74, 6) is -0.459. The molecule has 1 fully saturated rings. The first kappa shape index (κ1) is 38.6. The van der Waals surface area contributed by atoms with Crippen LogP contribution < -0.4 is 21.9 Å². The molecule has 254 valence electrons. The van der Waals surface area contributed by atoms with Crippen LogP contribution in [-0.2, 0) is 30.3 Å². The zero-order valence-electron chi connectivity index (χ0n) is 26.8. The van der Waals surface area contributed by atoms with E-state index in [0.717, 1.165) is 12.8 Å². The number of rotatable bonds is 24. The fourth-order valence-corrected chi connectivity index (χ4v) is 6.57. The van der Waals surface area contributed by atoms with E-state index in [2.05, 4.69) is 22.5 Å². The van der Waals surface area contributed by atoms with Crippen LogP contribution >= 0.6 is 6.72 Å². The van der Waals surface area contributed by atoms with Gasteiger partial charge in [0.15, 0.2) is 0 Å². The average molecular weight is 663 g/mol. The van der Waals surface area contributed by atoms with Gasteiger partial charge in [-0.2, -0.15) is 0 Å². The van der Waals surface area contributed by atoms with E-state index in [-0.39, 0.29) is 12.6 Å². The summed E-state index contributed by atoms with van der Waals surface area (Å²) in [4.78, 5) is 49.2. The highest BCUT2D eigenvalue weighted by atomic mass is 32.5. The van der Waals surface area contributed by atoms with E-state index >= 15 is 0 Å². The first-order chi connectivity index (χ1) is 21.2. The molecule has 0 aliphatic carbocycles. The molecule has 0 spiro atoms. The number of unbranched alkanes of at least 4 members (excludes halogenated alkanes) is 12. The Kier molecular flexibility index (Phi) is 19.3. The SMILES string of the molecule is CCCCCCCCCCCCCCCNC(=O)NCCCC1[C@@H](OP(O)(=S)OC)[C@@H](COC)O[C@H]1n1ccc(=O)[nH]c1=O. The third-order valence-electron chi connectivity index (χ3n) is 7.98. The number of hydrogen-bond acceptors (Lipinski definition) is 8. The van der Waals surface area contributed by atoms with Gasteiger partial charge in [-0.1, -0.05) is 84.0 Å². The van der Waals surface area contributed by atoms with E-state index in [4.69, 9.17) is 30.3 Å². The van der Waals surface area contributed by atoms with Gasteiger partial charge in [0.1, 0.15) is 18.4 Å². The molecule has 1 aliphatic heterocycles. The summed E-state index contributed by atoms with van der Waals surface area (Å²) in [5.41, 5.74) is -1.16. The fourth-order valence-electron chi connectivity index (χ4n) is 5.59. The molecule has 5 atom stereocenters. The predicted octanol–water partition coefficient (Wildman–Crippen LogP) is 5.12. The van der Waals surface area contributed by atoms with Crippen LogP contribution in [0.4, 0.5) is 4.79 Å². The number of nitrogens with zero attached hydrogens (tertiary/aromatic N) is 1. The van der Waals surface area contributed by atoms with Gasteiger partial charge in [0.2, 0.25) is 0 Å². The van der Waals surface area contributed by atoms with Crippen molar-refractivity contribution in [1.29, 1.82) is 0 Å². The lowest BCUT2D eigenvalue weighted by atomic mass is 9.94. The highest BCUT2D eigenvalue weighted by Gasteiger charge is 2.48. The molecule has 1 aromatic heterocycles. The Morgan fingerprint density at radius 2 is 1.55 bits per heavy atom. The second-order valence-electron chi connectivity index (χ2n) is 11.5. The third kappa shape index (κ3) is 14.7. The Morgan fingerprint density at radius 3 is 2.09 bits per heavy atom. The molecular formula is C30H55N4O8PS. The zero-order chi connectivity index (χ0) is 32.2. The Hall–Kier alpha value is -1.60. The Labute approximate surface area is 267 Å². The number of H-pyrrole nitrogens is 1. The lowest BCUT2D eigenvalue weighted by Crippen LogP contribution is -2.38. The van der Waals surface area contributed by atoms with Crippen LogP contribution in [0.25, 0.3) is 0 Å². The second kappa shape index (κ2) is 22.0. The van der Waals surface area contributed by atoms with Gasteiger partial charge in [-0.15, -0.1) is 0 Å². The molecule has 44 heavy (non-hydrogen) atoms. The van der Waals surface area contributed by atoms with Crippen LogP contribution in [0.2, 0.25) is 0 Å². The summed E-state index contributed by atoms with van der Waals surface area (Å²) in [7, 11) is 2.77. The zero-order valence-corrected chi connectivity index (χ0v) is 28.5. The number of ether oxygens (including phenoxy) is 2. The summed E-state index contributed by atoms with van der Waals surface area (Å²) >= 11 is 5.09. The van der Waals surface area contributed by atoms with Gasteiger partial charge in [-0.3, -0.25) is 14.3 Å². The van der Waals surface area contributed by atoms with E-state index in [9.17, 15) is 19.3 Å². The van der Waals surface area contributed by atoms with Gasteiger partial charge < -0.3 is 34.0 Å². The Morgan fingerprint density at radius 1 is 0.977 bits per heavy atom. The van der Waals surface area contributed by atoms with Crippen molar-refractivity contribution >= 4 is 24.6 Å². The molecule has 0 bridgehead atoms. The van der Waals surface area contributed by atoms with Crippen molar-refractivity contribution in [2.24, 2.45) is 5.92 Å². The smallest absolute Gasteiger partial charge is 0.330 e. The number of carbonyl (C=O) groups is 1. The first-order valence-corrected chi connectivity index (χ1v) is 18.9. The minimum absolute atomic E-state index is 0.120. The van der Waals surface area contributed by atoms with Gasteiger partial charge in [-0.05, 0) is 31.1 Å². The highest BCUT2D eigenvalue weighted by Crippen LogP contribution is 2.50. The summed E-state index contributed by atoms with van der Waals surface area (Å²) in [6.45, 7) is -0.192. The van der Waals surface area contributed by atoms with Crippen molar-refractivity contribution in [1.82, 2.24) is 20.2 Å². The normalized spacial score (nSPS) is 21.3. The van der Waals surface area contributed by atoms with Crippen molar-refractivity contribution in [2.75, 3.05) is 33.9 Å². The van der Waals surface area contributed by atoms with Gasteiger partial charge >= 0.3 is 18.4 Å². The lowest BCUT2D eigenvalue weighted by molar-refractivity contribution is -0.0550. The standard InChI is InChI=1S/C30H55N4O8PS/c1-4-5-6-7-8-9-10-11-12-13-14-15-16-20-31-29(36)32-21-17-18-24-27(42-43(38,44)40-3)25(23-39-2)41-28(24)34-22-19-26(35)33-30(34)37/h19,22,24-25,27-28H,4-18,20-21,23H2,1-3H3,(H,38,44)(H2,31,32,36)(H,33,35,37)/t24?,25-,27-,28-,43?/m1/s1. The molecule has 0 saturated carbocycles. The molecule has 2 amide bonds. The van der Waals surface area contributed by atoms with Crippen LogP contribution in [0.5, 0.6) is 0 Å². The number of hydrogen-bond donors (Lipinski definition) is 4. The second-order valence-corrected chi connectivity index (χ2v) is 14.4. The molecule has 4 N–H and O–H groups in total. The van der Waals surface area contributed by atoms with E-state index < -0.39 is 42.3 Å². The van der Waals surface area contributed by atoms with E-state index in [1.807, 2.05) is 0 Å².